The molecule has 2 heterocycles. The lowest BCUT2D eigenvalue weighted by molar-refractivity contribution is 0.153. The molecule has 2 aromatic heterocycles. The van der Waals surface area contributed by atoms with Crippen LogP contribution in [0.25, 0.3) is 22.3 Å². The highest BCUT2D eigenvalue weighted by molar-refractivity contribution is 7.71. The van der Waals surface area contributed by atoms with Gasteiger partial charge in [0, 0.05) is 17.7 Å². The first-order chi connectivity index (χ1) is 11.9. The van der Waals surface area contributed by atoms with Gasteiger partial charge in [0.2, 0.25) is 0 Å². The zero-order valence-corrected chi connectivity index (χ0v) is 13.6. The summed E-state index contributed by atoms with van der Waals surface area (Å²) in [5.41, 5.74) is -0.514. The Balaban J connectivity index is 2.44. The number of pyridine rings is 1. The van der Waals surface area contributed by atoms with Crippen LogP contribution in [0.15, 0.2) is 47.8 Å². The molecule has 0 unspecified atom stereocenters. The summed E-state index contributed by atoms with van der Waals surface area (Å²) in [7, 11) is 0. The topological polar surface area (TPSA) is 50.7 Å². The fourth-order valence-electron chi connectivity index (χ4n) is 2.54. The van der Waals surface area contributed by atoms with Crippen LogP contribution in [0.4, 0.5) is 13.2 Å². The molecule has 1 N–H and O–H groups in total. The Morgan fingerprint density at radius 1 is 1.32 bits per heavy atom. The van der Waals surface area contributed by atoms with Crippen molar-refractivity contribution in [2.75, 3.05) is 0 Å². The van der Waals surface area contributed by atoms with Crippen molar-refractivity contribution in [2.45, 2.75) is 13.0 Å². The molecule has 8 heteroatoms. The van der Waals surface area contributed by atoms with Crippen LogP contribution in [0.1, 0.15) is 12.0 Å². The lowest BCUT2D eigenvalue weighted by Gasteiger charge is -2.13. The highest BCUT2D eigenvalue weighted by atomic mass is 32.1. The van der Waals surface area contributed by atoms with E-state index in [9.17, 15) is 18.0 Å². The Morgan fingerprint density at radius 3 is 2.60 bits per heavy atom. The summed E-state index contributed by atoms with van der Waals surface area (Å²) in [6, 6.07) is 6.40. The molecule has 0 atom stereocenters. The molecular formula is C17H12F3N3OS. The molecule has 0 aliphatic heterocycles. The summed E-state index contributed by atoms with van der Waals surface area (Å²) in [6.07, 6.45) is -1.37. The van der Waals surface area contributed by atoms with Crippen molar-refractivity contribution < 1.29 is 13.2 Å². The smallest absolute Gasteiger partial charge is 0.264 e. The monoisotopic (exact) mass is 363 g/mol. The average Bonchev–Trinajstić information content (AvgIpc) is 2.58. The second-order valence-corrected chi connectivity index (χ2v) is 5.65. The van der Waals surface area contributed by atoms with Gasteiger partial charge in [-0.3, -0.25) is 14.3 Å². The molecule has 0 fully saturated rings. The fourth-order valence-corrected chi connectivity index (χ4v) is 2.79. The number of fused-ring (bicyclic) bond motifs is 1. The van der Waals surface area contributed by atoms with Crippen LogP contribution in [-0.4, -0.2) is 14.5 Å². The predicted octanol–water partition coefficient (Wildman–Crippen LogP) is 4.38. The second-order valence-electron chi connectivity index (χ2n) is 5.26. The fraction of sp³-hybridized carbons (Fsp3) is 0.118. The van der Waals surface area contributed by atoms with Gasteiger partial charge in [0.1, 0.15) is 11.5 Å². The number of rotatable bonds is 4. The van der Waals surface area contributed by atoms with E-state index in [4.69, 9.17) is 12.2 Å². The molecule has 25 heavy (non-hydrogen) atoms. The van der Waals surface area contributed by atoms with Gasteiger partial charge in [0.15, 0.2) is 4.77 Å². The maximum absolute atomic E-state index is 13.6. The molecule has 1 aromatic carbocycles. The van der Waals surface area contributed by atoms with Crippen LogP contribution in [-0.2, 0) is 6.54 Å². The van der Waals surface area contributed by atoms with Gasteiger partial charge in [-0.2, -0.15) is 0 Å². The lowest BCUT2D eigenvalue weighted by atomic mass is 10.1. The maximum atomic E-state index is 13.6. The lowest BCUT2D eigenvalue weighted by Crippen LogP contribution is -2.17. The number of nitrogens with zero attached hydrogens (tertiary/aromatic N) is 2. The number of alkyl halides is 2. The van der Waals surface area contributed by atoms with Crippen LogP contribution in [0.2, 0.25) is 0 Å². The molecule has 0 radical (unpaired) electrons. The van der Waals surface area contributed by atoms with Gasteiger partial charge in [-0.15, -0.1) is 6.58 Å². The highest BCUT2D eigenvalue weighted by Gasteiger charge is 2.20. The predicted molar refractivity (Wildman–Crippen MR) is 91.7 cm³/mol. The number of hydrogen-bond donors (Lipinski definition) is 1. The van der Waals surface area contributed by atoms with Crippen molar-refractivity contribution in [3.05, 3.63) is 69.5 Å². The first kappa shape index (κ1) is 17.1. The Hall–Kier alpha value is -2.74. The number of aromatic nitrogens is 3. The van der Waals surface area contributed by atoms with Crippen LogP contribution in [0.5, 0.6) is 0 Å². The van der Waals surface area contributed by atoms with Crippen molar-refractivity contribution in [3.8, 4) is 11.3 Å². The Morgan fingerprint density at radius 2 is 2.00 bits per heavy atom. The van der Waals surface area contributed by atoms with Crippen molar-refractivity contribution in [2.24, 2.45) is 0 Å². The van der Waals surface area contributed by atoms with Crippen LogP contribution in [0, 0.1) is 10.6 Å². The van der Waals surface area contributed by atoms with Crippen LogP contribution >= 0.6 is 12.2 Å². The van der Waals surface area contributed by atoms with E-state index in [2.05, 4.69) is 16.5 Å². The number of benzene rings is 1. The number of hydrogen-bond acceptors (Lipinski definition) is 3. The van der Waals surface area contributed by atoms with E-state index in [1.54, 1.807) is 0 Å². The van der Waals surface area contributed by atoms with E-state index in [-0.39, 0.29) is 28.0 Å². The van der Waals surface area contributed by atoms with Crippen molar-refractivity contribution in [1.82, 2.24) is 14.5 Å². The van der Waals surface area contributed by atoms with E-state index in [1.165, 1.54) is 34.9 Å². The molecule has 0 saturated heterocycles. The molecule has 0 spiro atoms. The number of allylic oxidation sites excluding steroid dienone is 1. The third-order valence-electron chi connectivity index (χ3n) is 3.67. The third-order valence-corrected chi connectivity index (χ3v) is 3.99. The summed E-state index contributed by atoms with van der Waals surface area (Å²) < 4.78 is 41.7. The third kappa shape index (κ3) is 3.12. The van der Waals surface area contributed by atoms with Gasteiger partial charge >= 0.3 is 0 Å². The summed E-state index contributed by atoms with van der Waals surface area (Å²) in [5, 5.41) is -0.226. The number of halogens is 3. The molecule has 3 aromatic rings. The van der Waals surface area contributed by atoms with E-state index < -0.39 is 23.4 Å². The van der Waals surface area contributed by atoms with Gasteiger partial charge in [-0.25, -0.2) is 18.2 Å². The van der Waals surface area contributed by atoms with E-state index in [1.807, 2.05) is 0 Å². The molecule has 4 nitrogen and oxygen atoms in total. The summed E-state index contributed by atoms with van der Waals surface area (Å²) in [6.45, 7) is 3.79. The van der Waals surface area contributed by atoms with Gasteiger partial charge < -0.3 is 0 Å². The minimum atomic E-state index is -2.89. The summed E-state index contributed by atoms with van der Waals surface area (Å²) in [5.74, 6) is -0.454. The van der Waals surface area contributed by atoms with E-state index in [0.717, 1.165) is 6.07 Å². The first-order valence-electron chi connectivity index (χ1n) is 7.25. The zero-order chi connectivity index (χ0) is 18.1. The van der Waals surface area contributed by atoms with Crippen LogP contribution < -0.4 is 5.56 Å². The normalized spacial score (nSPS) is 11.2. The molecular weight excluding hydrogens is 351 g/mol. The molecule has 128 valence electrons. The largest absolute Gasteiger partial charge is 0.299 e. The first-order valence-corrected chi connectivity index (χ1v) is 7.66. The summed E-state index contributed by atoms with van der Waals surface area (Å²) >= 11 is 5.10. The number of aromatic amines is 1. The summed E-state index contributed by atoms with van der Waals surface area (Å²) in [4.78, 5) is 18.9. The minimum absolute atomic E-state index is 0.0331. The van der Waals surface area contributed by atoms with Crippen molar-refractivity contribution >= 4 is 23.3 Å². The highest BCUT2D eigenvalue weighted by Crippen LogP contribution is 2.29. The Kier molecular flexibility index (Phi) is 4.54. The number of H-pyrrole nitrogens is 1. The van der Waals surface area contributed by atoms with Crippen molar-refractivity contribution in [1.29, 1.82) is 0 Å². The minimum Gasteiger partial charge on any atom is -0.299 e. The quantitative estimate of drug-likeness (QED) is 0.553. The SMILES string of the molecule is C=CCn1c(=S)[nH]c(=O)c2c(C(F)F)cc(-c3ccc(F)cc3)nc21. The van der Waals surface area contributed by atoms with Gasteiger partial charge in [-0.1, -0.05) is 6.08 Å². The van der Waals surface area contributed by atoms with Gasteiger partial charge in [0.05, 0.1) is 11.1 Å². The maximum Gasteiger partial charge on any atom is 0.264 e. The zero-order valence-electron chi connectivity index (χ0n) is 12.8. The average molecular weight is 363 g/mol. The van der Waals surface area contributed by atoms with Gasteiger partial charge in [0.25, 0.3) is 12.0 Å². The van der Waals surface area contributed by atoms with Crippen LogP contribution in [0.3, 0.4) is 0 Å². The standard InChI is InChI=1S/C17H12F3N3OS/c1-2-7-23-15-13(16(24)22-17(23)25)11(14(19)20)8-12(21-15)9-3-5-10(18)6-4-9/h2-6,8,14H,1,7H2,(H,22,24,25). The Labute approximate surface area is 145 Å². The molecule has 0 saturated carbocycles. The van der Waals surface area contributed by atoms with Crippen molar-refractivity contribution in [3.63, 3.8) is 0 Å². The molecule has 0 bridgehead atoms. The number of nitrogens with one attached hydrogen (secondary N) is 1. The van der Waals surface area contributed by atoms with E-state index >= 15 is 0 Å². The molecule has 0 aliphatic carbocycles. The molecule has 0 aliphatic rings. The molecule has 0 amide bonds. The molecule has 3 rings (SSSR count). The Bertz CT molecular complexity index is 1070. The van der Waals surface area contributed by atoms with E-state index in [0.29, 0.717) is 5.56 Å². The second kappa shape index (κ2) is 6.64. The van der Waals surface area contributed by atoms with Gasteiger partial charge in [-0.05, 0) is 42.5 Å².